The third-order valence-electron chi connectivity index (χ3n) is 5.61. The van der Waals surface area contributed by atoms with Crippen molar-refractivity contribution >= 4 is 45.9 Å². The van der Waals surface area contributed by atoms with Crippen LogP contribution in [-0.2, 0) is 4.79 Å². The number of fused-ring (bicyclic) bond motifs is 1. The largest absolute Gasteiger partial charge is 0.467 e. The Morgan fingerprint density at radius 1 is 1.11 bits per heavy atom. The molecule has 9 nitrogen and oxygen atoms in total. The molecule has 0 saturated heterocycles. The molecule has 0 radical (unpaired) electrons. The summed E-state index contributed by atoms with van der Waals surface area (Å²) in [4.78, 5) is 13.2. The molecule has 2 aromatic carbocycles. The van der Waals surface area contributed by atoms with Gasteiger partial charge in [-0.2, -0.15) is 10.2 Å². The van der Waals surface area contributed by atoms with E-state index in [4.69, 9.17) is 20.4 Å². The zero-order valence-electron chi connectivity index (χ0n) is 18.1. The Labute approximate surface area is 208 Å². The van der Waals surface area contributed by atoms with Gasteiger partial charge in [0.05, 0.1) is 23.2 Å². The number of benzene rings is 2. The van der Waals surface area contributed by atoms with E-state index in [0.717, 1.165) is 33.9 Å². The van der Waals surface area contributed by atoms with Crippen molar-refractivity contribution in [2.75, 3.05) is 5.75 Å². The van der Waals surface area contributed by atoms with E-state index in [0.29, 0.717) is 22.9 Å². The number of hydrazone groups is 1. The van der Waals surface area contributed by atoms with Gasteiger partial charge in [0.15, 0.2) is 5.69 Å². The lowest BCUT2D eigenvalue weighted by Gasteiger charge is -2.19. The van der Waals surface area contributed by atoms with Crippen molar-refractivity contribution in [3.05, 3.63) is 83.3 Å². The zero-order chi connectivity index (χ0) is 23.8. The fourth-order valence-corrected chi connectivity index (χ4v) is 4.68. The molecule has 0 aliphatic carbocycles. The van der Waals surface area contributed by atoms with E-state index in [2.05, 4.69) is 25.5 Å². The normalized spacial score (nSPS) is 15.6. The van der Waals surface area contributed by atoms with Gasteiger partial charge in [0.2, 0.25) is 0 Å². The number of hydrogen-bond donors (Lipinski definition) is 1. The average molecular weight is 505 g/mol. The Hall–Kier alpha value is -3.89. The number of thioether (sulfide) groups is 1. The summed E-state index contributed by atoms with van der Waals surface area (Å²) in [6, 6.07) is 18.4. The molecular formula is C24H17ClN6O3S. The molecule has 1 unspecified atom stereocenters. The first-order valence-corrected chi connectivity index (χ1v) is 12.1. The van der Waals surface area contributed by atoms with Crippen LogP contribution in [0.15, 0.2) is 86.1 Å². The molecule has 0 fully saturated rings. The molecule has 11 heteroatoms. The third-order valence-corrected chi connectivity index (χ3v) is 6.67. The number of nitrogens with zero attached hydrogens (tertiary/aromatic N) is 5. The Morgan fingerprint density at radius 2 is 1.97 bits per heavy atom. The molecule has 35 heavy (non-hydrogen) atoms. The first-order valence-electron chi connectivity index (χ1n) is 10.7. The lowest BCUT2D eigenvalue weighted by atomic mass is 10.0. The molecule has 4 heterocycles. The lowest BCUT2D eigenvalue weighted by Crippen LogP contribution is -2.28. The summed E-state index contributed by atoms with van der Waals surface area (Å²) in [5.74, 6) is 0.819. The number of H-pyrrole nitrogens is 1. The molecule has 174 valence electrons. The highest BCUT2D eigenvalue weighted by Crippen LogP contribution is 2.34. The maximum absolute atomic E-state index is 13.2. The molecule has 3 aromatic heterocycles. The monoisotopic (exact) mass is 504 g/mol. The fourth-order valence-electron chi connectivity index (χ4n) is 3.94. The van der Waals surface area contributed by atoms with Crippen LogP contribution >= 0.6 is 23.4 Å². The van der Waals surface area contributed by atoms with Gasteiger partial charge in [0.1, 0.15) is 11.8 Å². The minimum absolute atomic E-state index is 0.0670. The van der Waals surface area contributed by atoms with Crippen molar-refractivity contribution in [2.24, 2.45) is 5.10 Å². The van der Waals surface area contributed by atoms with Crippen LogP contribution in [0.5, 0.6) is 0 Å². The maximum atomic E-state index is 13.2. The van der Waals surface area contributed by atoms with Crippen molar-refractivity contribution in [1.82, 2.24) is 25.4 Å². The lowest BCUT2D eigenvalue weighted by molar-refractivity contribution is -0.130. The molecule has 0 saturated carbocycles. The van der Waals surface area contributed by atoms with Crippen LogP contribution in [0, 0.1) is 0 Å². The molecule has 1 N–H and O–H groups in total. The van der Waals surface area contributed by atoms with Gasteiger partial charge < -0.3 is 8.83 Å². The molecule has 1 atom stereocenters. The number of nitrogens with one attached hydrogen (secondary N) is 1. The smallest absolute Gasteiger partial charge is 0.277 e. The predicted molar refractivity (Wildman–Crippen MR) is 131 cm³/mol. The van der Waals surface area contributed by atoms with E-state index in [-0.39, 0.29) is 28.8 Å². The van der Waals surface area contributed by atoms with Crippen LogP contribution in [-0.4, -0.2) is 42.8 Å². The average Bonchev–Trinajstić information content (AvgIpc) is 3.68. The quantitative estimate of drug-likeness (QED) is 0.311. The zero-order valence-corrected chi connectivity index (χ0v) is 19.7. The second kappa shape index (κ2) is 9.05. The standard InChI is InChI=1S/C24H17ClN6O3S/c25-15-9-7-14(8-10-15)18-12-19(20-6-3-11-33-20)31(30-18)21(32)13-35-24-29-28-23(34-24)22-16-4-1-2-5-17(16)26-27-22/h1-11,19H,12-13H2,(H,26,27). The molecule has 0 bridgehead atoms. The van der Waals surface area contributed by atoms with Crippen LogP contribution < -0.4 is 0 Å². The summed E-state index contributed by atoms with van der Waals surface area (Å²) in [5.41, 5.74) is 3.13. The summed E-state index contributed by atoms with van der Waals surface area (Å²) < 4.78 is 11.4. The maximum Gasteiger partial charge on any atom is 0.277 e. The van der Waals surface area contributed by atoms with Gasteiger partial charge >= 0.3 is 0 Å². The van der Waals surface area contributed by atoms with Gasteiger partial charge in [0.25, 0.3) is 17.0 Å². The Kier molecular flexibility index (Phi) is 5.59. The highest BCUT2D eigenvalue weighted by Gasteiger charge is 2.35. The van der Waals surface area contributed by atoms with Crippen LogP contribution in [0.4, 0.5) is 0 Å². The van der Waals surface area contributed by atoms with Gasteiger partial charge in [-0.05, 0) is 35.9 Å². The van der Waals surface area contributed by atoms with E-state index in [1.807, 2.05) is 42.5 Å². The second-order valence-corrected chi connectivity index (χ2v) is 9.17. The van der Waals surface area contributed by atoms with Crippen molar-refractivity contribution < 1.29 is 13.6 Å². The molecule has 5 aromatic rings. The SMILES string of the molecule is O=C(CSc1nnc(-c2n[nH]c3ccccc23)o1)N1N=C(c2ccc(Cl)cc2)CC1c1ccco1. The first-order chi connectivity index (χ1) is 17.2. The first kappa shape index (κ1) is 21.6. The van der Waals surface area contributed by atoms with Crippen molar-refractivity contribution in [3.63, 3.8) is 0 Å². The van der Waals surface area contributed by atoms with E-state index >= 15 is 0 Å². The molecular weight excluding hydrogens is 488 g/mol. The second-order valence-electron chi connectivity index (χ2n) is 7.81. The van der Waals surface area contributed by atoms with E-state index in [9.17, 15) is 4.79 Å². The van der Waals surface area contributed by atoms with E-state index in [1.165, 1.54) is 5.01 Å². The molecule has 0 spiro atoms. The van der Waals surface area contributed by atoms with Gasteiger partial charge in [-0.1, -0.05) is 53.7 Å². The van der Waals surface area contributed by atoms with E-state index in [1.54, 1.807) is 24.5 Å². The number of aromatic nitrogens is 4. The minimum Gasteiger partial charge on any atom is -0.467 e. The predicted octanol–water partition coefficient (Wildman–Crippen LogP) is 5.33. The van der Waals surface area contributed by atoms with Gasteiger partial charge in [0, 0.05) is 16.8 Å². The fraction of sp³-hybridized carbons (Fsp3) is 0.125. The number of para-hydroxylation sites is 1. The van der Waals surface area contributed by atoms with Gasteiger partial charge in [-0.3, -0.25) is 9.89 Å². The summed E-state index contributed by atoms with van der Waals surface area (Å²) in [6.07, 6.45) is 2.12. The Balaban J connectivity index is 1.20. The highest BCUT2D eigenvalue weighted by atomic mass is 35.5. The molecule has 1 aliphatic rings. The Morgan fingerprint density at radius 3 is 2.80 bits per heavy atom. The Bertz CT molecular complexity index is 1530. The number of furan rings is 1. The number of hydrogen-bond acceptors (Lipinski definition) is 8. The van der Waals surface area contributed by atoms with Crippen molar-refractivity contribution in [1.29, 1.82) is 0 Å². The number of carbonyl (C=O) groups is 1. The molecule has 1 aliphatic heterocycles. The number of aromatic amines is 1. The number of rotatable bonds is 6. The summed E-state index contributed by atoms with van der Waals surface area (Å²) in [6.45, 7) is 0. The van der Waals surface area contributed by atoms with Crippen molar-refractivity contribution in [3.8, 4) is 11.6 Å². The summed E-state index contributed by atoms with van der Waals surface area (Å²) in [5, 5.41) is 23.3. The van der Waals surface area contributed by atoms with Crippen LogP contribution in [0.3, 0.4) is 0 Å². The van der Waals surface area contributed by atoms with Crippen LogP contribution in [0.1, 0.15) is 23.8 Å². The van der Waals surface area contributed by atoms with Gasteiger partial charge in [-0.15, -0.1) is 10.2 Å². The summed E-state index contributed by atoms with van der Waals surface area (Å²) >= 11 is 7.17. The third kappa shape index (κ3) is 4.22. The van der Waals surface area contributed by atoms with Crippen LogP contribution in [0.2, 0.25) is 5.02 Å². The highest BCUT2D eigenvalue weighted by molar-refractivity contribution is 7.99. The molecule has 1 amide bonds. The topological polar surface area (TPSA) is 113 Å². The van der Waals surface area contributed by atoms with Gasteiger partial charge in [-0.25, -0.2) is 5.01 Å². The number of halogens is 1. The molecule has 6 rings (SSSR count). The van der Waals surface area contributed by atoms with Crippen LogP contribution in [0.25, 0.3) is 22.5 Å². The summed E-state index contributed by atoms with van der Waals surface area (Å²) in [7, 11) is 0. The number of amides is 1. The van der Waals surface area contributed by atoms with E-state index < -0.39 is 0 Å². The van der Waals surface area contributed by atoms with Crippen molar-refractivity contribution in [2.45, 2.75) is 17.7 Å². The minimum atomic E-state index is -0.336. The number of carbonyl (C=O) groups excluding carboxylic acids is 1.